The minimum absolute atomic E-state index is 0.0279. The number of allylic oxidation sites excluding steroid dienone is 2. The Hall–Kier alpha value is -2.10. The number of aliphatic carboxylic acids is 1. The van der Waals surface area contributed by atoms with Gasteiger partial charge in [0.25, 0.3) is 0 Å². The fourth-order valence-electron chi connectivity index (χ4n) is 4.50. The van der Waals surface area contributed by atoms with Crippen LogP contribution in [0.25, 0.3) is 0 Å². The van der Waals surface area contributed by atoms with Gasteiger partial charge in [-0.25, -0.2) is 0 Å². The standard InChI is InChI=1S/C18H19NO3/c1-9-4-2-3-5-14(9)19-17(20)15-10-6-7-11(13-8-12(10)13)16(15)18(21)22/h2-7,10-13,15-16H,8H2,1H3,(H,19,20)(H,21,22)/t10-,11+,12-,13+,15+,16+/m1/s1. The Kier molecular flexibility index (Phi) is 2.90. The van der Waals surface area contributed by atoms with Gasteiger partial charge in [0, 0.05) is 5.69 Å². The molecule has 0 unspecified atom stereocenters. The van der Waals surface area contributed by atoms with Crippen molar-refractivity contribution in [3.63, 3.8) is 0 Å². The number of rotatable bonds is 3. The van der Waals surface area contributed by atoms with E-state index in [-0.39, 0.29) is 17.7 Å². The second-order valence-corrected chi connectivity index (χ2v) is 6.80. The van der Waals surface area contributed by atoms with Gasteiger partial charge in [0.2, 0.25) is 5.91 Å². The summed E-state index contributed by atoms with van der Waals surface area (Å²) >= 11 is 0. The van der Waals surface area contributed by atoms with Crippen LogP contribution < -0.4 is 5.32 Å². The first kappa shape index (κ1) is 13.6. The minimum Gasteiger partial charge on any atom is -0.481 e. The third kappa shape index (κ3) is 1.90. The normalized spacial score (nSPS) is 37.5. The zero-order valence-electron chi connectivity index (χ0n) is 12.4. The van der Waals surface area contributed by atoms with E-state index in [2.05, 4.69) is 11.4 Å². The van der Waals surface area contributed by atoms with E-state index in [1.165, 1.54) is 0 Å². The van der Waals surface area contributed by atoms with Crippen LogP contribution in [0.5, 0.6) is 0 Å². The van der Waals surface area contributed by atoms with Crippen LogP contribution in [0.4, 0.5) is 5.69 Å². The lowest BCUT2D eigenvalue weighted by atomic mass is 9.62. The number of carbonyl (C=O) groups is 2. The first-order valence-corrected chi connectivity index (χ1v) is 7.85. The summed E-state index contributed by atoms with van der Waals surface area (Å²) < 4.78 is 0. The summed E-state index contributed by atoms with van der Waals surface area (Å²) in [6.07, 6.45) is 5.19. The van der Waals surface area contributed by atoms with Gasteiger partial charge in [-0.1, -0.05) is 30.4 Å². The highest BCUT2D eigenvalue weighted by Crippen LogP contribution is 2.63. The number of aryl methyl sites for hydroxylation is 1. The van der Waals surface area contributed by atoms with E-state index < -0.39 is 17.8 Å². The number of para-hydroxylation sites is 1. The highest BCUT2D eigenvalue weighted by molar-refractivity contribution is 5.96. The molecule has 4 heteroatoms. The molecule has 5 rings (SSSR count). The lowest BCUT2D eigenvalue weighted by Gasteiger charge is -2.41. The average molecular weight is 297 g/mol. The molecule has 2 bridgehead atoms. The molecule has 2 saturated carbocycles. The van der Waals surface area contributed by atoms with Crippen LogP contribution in [0, 0.1) is 42.4 Å². The number of hydrogen-bond donors (Lipinski definition) is 2. The molecule has 2 fully saturated rings. The Balaban J connectivity index is 1.63. The Bertz CT molecular complexity index is 681. The van der Waals surface area contributed by atoms with Crippen LogP contribution in [-0.2, 0) is 9.59 Å². The van der Waals surface area contributed by atoms with E-state index >= 15 is 0 Å². The molecular weight excluding hydrogens is 278 g/mol. The molecule has 4 nitrogen and oxygen atoms in total. The first-order valence-electron chi connectivity index (χ1n) is 7.85. The third-order valence-electron chi connectivity index (χ3n) is 5.64. The minimum atomic E-state index is -0.838. The Morgan fingerprint density at radius 2 is 1.73 bits per heavy atom. The number of hydrogen-bond acceptors (Lipinski definition) is 2. The summed E-state index contributed by atoms with van der Waals surface area (Å²) in [6.45, 7) is 1.94. The van der Waals surface area contributed by atoms with E-state index in [0.717, 1.165) is 17.7 Å². The van der Waals surface area contributed by atoms with Gasteiger partial charge in [0.1, 0.15) is 0 Å². The van der Waals surface area contributed by atoms with Crippen molar-refractivity contribution in [3.8, 4) is 0 Å². The molecule has 0 saturated heterocycles. The van der Waals surface area contributed by atoms with Crippen molar-refractivity contribution in [3.05, 3.63) is 42.0 Å². The highest BCUT2D eigenvalue weighted by Gasteiger charge is 2.62. The number of nitrogens with one attached hydrogen (secondary N) is 1. The van der Waals surface area contributed by atoms with E-state index in [9.17, 15) is 14.7 Å². The van der Waals surface area contributed by atoms with Gasteiger partial charge >= 0.3 is 5.97 Å². The van der Waals surface area contributed by atoms with Crippen molar-refractivity contribution < 1.29 is 14.7 Å². The molecule has 4 aliphatic rings. The molecule has 6 atom stereocenters. The molecule has 0 aromatic heterocycles. The summed E-state index contributed by atoms with van der Waals surface area (Å²) in [7, 11) is 0. The number of benzene rings is 1. The van der Waals surface area contributed by atoms with Gasteiger partial charge in [-0.15, -0.1) is 0 Å². The lowest BCUT2D eigenvalue weighted by molar-refractivity contribution is -0.152. The maximum Gasteiger partial charge on any atom is 0.307 e. The number of amides is 1. The SMILES string of the molecule is Cc1ccccc1NC(=O)[C@H]1[C@@H]2C=C[C@@H]([C@@H]3C[C@H]23)[C@@H]1C(=O)O. The van der Waals surface area contributed by atoms with Crippen molar-refractivity contribution in [1.29, 1.82) is 0 Å². The summed E-state index contributed by atoms with van der Waals surface area (Å²) in [4.78, 5) is 24.5. The second-order valence-electron chi connectivity index (χ2n) is 6.80. The van der Waals surface area contributed by atoms with Crippen molar-refractivity contribution >= 4 is 17.6 Å². The molecular formula is C18H19NO3. The van der Waals surface area contributed by atoms with Gasteiger partial charge in [-0.05, 0) is 48.6 Å². The zero-order chi connectivity index (χ0) is 15.4. The van der Waals surface area contributed by atoms with Crippen LogP contribution in [-0.4, -0.2) is 17.0 Å². The number of anilines is 1. The van der Waals surface area contributed by atoms with Crippen LogP contribution in [0.3, 0.4) is 0 Å². The fraction of sp³-hybridized carbons (Fsp3) is 0.444. The topological polar surface area (TPSA) is 66.4 Å². The number of carbonyl (C=O) groups excluding carboxylic acids is 1. The summed E-state index contributed by atoms with van der Waals surface area (Å²) in [5.74, 6) is -0.906. The van der Waals surface area contributed by atoms with E-state index in [0.29, 0.717) is 11.8 Å². The lowest BCUT2D eigenvalue weighted by Crippen LogP contribution is -2.48. The molecule has 22 heavy (non-hydrogen) atoms. The molecule has 1 aromatic carbocycles. The quantitative estimate of drug-likeness (QED) is 0.843. The van der Waals surface area contributed by atoms with E-state index in [1.54, 1.807) is 0 Å². The number of carboxylic acids is 1. The molecule has 114 valence electrons. The summed E-state index contributed by atoms with van der Waals surface area (Å²) in [5, 5.41) is 12.6. The van der Waals surface area contributed by atoms with Crippen molar-refractivity contribution in [2.75, 3.05) is 5.32 Å². The van der Waals surface area contributed by atoms with Crippen LogP contribution >= 0.6 is 0 Å². The molecule has 2 N–H and O–H groups in total. The van der Waals surface area contributed by atoms with Crippen LogP contribution in [0.15, 0.2) is 36.4 Å². The van der Waals surface area contributed by atoms with E-state index in [4.69, 9.17) is 0 Å². The maximum absolute atomic E-state index is 12.8. The summed E-state index contributed by atoms with van der Waals surface area (Å²) in [6, 6.07) is 7.60. The van der Waals surface area contributed by atoms with E-state index in [1.807, 2.05) is 37.3 Å². The predicted octanol–water partition coefficient (Wildman–Crippen LogP) is 2.70. The van der Waals surface area contributed by atoms with Crippen molar-refractivity contribution in [2.45, 2.75) is 13.3 Å². The Labute approximate surface area is 129 Å². The van der Waals surface area contributed by atoms with Crippen molar-refractivity contribution in [1.82, 2.24) is 0 Å². The number of carboxylic acid groups (broad SMARTS) is 1. The van der Waals surface area contributed by atoms with Crippen LogP contribution in [0.1, 0.15) is 12.0 Å². The molecule has 1 amide bonds. The smallest absolute Gasteiger partial charge is 0.307 e. The maximum atomic E-state index is 12.8. The number of fused-ring (bicyclic) bond motifs is 1. The predicted molar refractivity (Wildman–Crippen MR) is 82.1 cm³/mol. The highest BCUT2D eigenvalue weighted by atomic mass is 16.4. The Morgan fingerprint density at radius 3 is 2.36 bits per heavy atom. The first-order chi connectivity index (χ1) is 10.6. The Morgan fingerprint density at radius 1 is 1.09 bits per heavy atom. The van der Waals surface area contributed by atoms with Crippen LogP contribution in [0.2, 0.25) is 0 Å². The zero-order valence-corrected chi connectivity index (χ0v) is 12.4. The molecule has 0 heterocycles. The molecule has 1 aromatic rings. The van der Waals surface area contributed by atoms with Gasteiger partial charge in [0.05, 0.1) is 11.8 Å². The van der Waals surface area contributed by atoms with Gasteiger partial charge in [-0.2, -0.15) is 0 Å². The largest absolute Gasteiger partial charge is 0.481 e. The molecule has 0 spiro atoms. The van der Waals surface area contributed by atoms with Gasteiger partial charge in [-0.3, -0.25) is 9.59 Å². The molecule has 0 radical (unpaired) electrons. The average Bonchev–Trinajstić information content (AvgIpc) is 3.30. The summed E-state index contributed by atoms with van der Waals surface area (Å²) in [5.41, 5.74) is 1.76. The fourth-order valence-corrected chi connectivity index (χ4v) is 4.50. The molecule has 0 aliphatic heterocycles. The molecule has 4 aliphatic carbocycles. The van der Waals surface area contributed by atoms with Crippen molar-refractivity contribution in [2.24, 2.45) is 35.5 Å². The van der Waals surface area contributed by atoms with Gasteiger partial charge in [0.15, 0.2) is 0 Å². The third-order valence-corrected chi connectivity index (χ3v) is 5.64. The van der Waals surface area contributed by atoms with Gasteiger partial charge < -0.3 is 10.4 Å². The monoisotopic (exact) mass is 297 g/mol. The second kappa shape index (κ2) is 4.70.